The topological polar surface area (TPSA) is 62.4 Å². The van der Waals surface area contributed by atoms with Crippen molar-refractivity contribution in [1.29, 1.82) is 0 Å². The Hall–Kier alpha value is -0.950. The zero-order chi connectivity index (χ0) is 15.2. The van der Waals surface area contributed by atoms with Crippen molar-refractivity contribution < 1.29 is 0 Å². The van der Waals surface area contributed by atoms with Crippen LogP contribution in [0.1, 0.15) is 25.6 Å². The first-order valence-electron chi connectivity index (χ1n) is 7.99. The number of aromatic nitrogens is 2. The molecular weight excluding hydrogens is 264 g/mol. The number of rotatable bonds is 7. The van der Waals surface area contributed by atoms with E-state index in [1.54, 1.807) is 0 Å². The fourth-order valence-corrected chi connectivity index (χ4v) is 3.09. The highest BCUT2D eigenvalue weighted by Crippen LogP contribution is 2.14. The van der Waals surface area contributed by atoms with Gasteiger partial charge in [0, 0.05) is 57.1 Å². The highest BCUT2D eigenvalue weighted by molar-refractivity contribution is 4.96. The van der Waals surface area contributed by atoms with E-state index in [0.717, 1.165) is 51.3 Å². The number of nitrogens with two attached hydrogens (primary N) is 1. The van der Waals surface area contributed by atoms with Crippen molar-refractivity contribution in [2.24, 2.45) is 5.84 Å². The summed E-state index contributed by atoms with van der Waals surface area (Å²) in [7, 11) is 4.40. The van der Waals surface area contributed by atoms with Crippen LogP contribution in [0.25, 0.3) is 0 Å². The Bertz CT molecular complexity index is 418. The second-order valence-corrected chi connectivity index (χ2v) is 6.24. The summed E-state index contributed by atoms with van der Waals surface area (Å²) < 4.78 is 2.24. The summed E-state index contributed by atoms with van der Waals surface area (Å²) in [6.07, 6.45) is 7.01. The number of hydrogen-bond donors (Lipinski definition) is 2. The first-order chi connectivity index (χ1) is 10.1. The summed E-state index contributed by atoms with van der Waals surface area (Å²) in [5.41, 5.74) is 2.99. The minimum absolute atomic E-state index is 0.266. The van der Waals surface area contributed by atoms with Crippen LogP contribution >= 0.6 is 0 Å². The fraction of sp³-hybridized carbons (Fsp3) is 0.800. The molecule has 0 amide bonds. The quantitative estimate of drug-likeness (QED) is 0.559. The summed E-state index contributed by atoms with van der Waals surface area (Å²) in [5, 5.41) is 0. The Balaban J connectivity index is 1.94. The predicted octanol–water partition coefficient (Wildman–Crippen LogP) is 0.303. The van der Waals surface area contributed by atoms with Crippen LogP contribution in [0.5, 0.6) is 0 Å². The summed E-state index contributed by atoms with van der Waals surface area (Å²) in [6.45, 7) is 6.60. The molecule has 6 heteroatoms. The Morgan fingerprint density at radius 3 is 2.95 bits per heavy atom. The van der Waals surface area contributed by atoms with Gasteiger partial charge >= 0.3 is 0 Å². The zero-order valence-corrected chi connectivity index (χ0v) is 13.6. The van der Waals surface area contributed by atoms with Crippen molar-refractivity contribution in [2.45, 2.75) is 44.8 Å². The van der Waals surface area contributed by atoms with E-state index in [2.05, 4.69) is 52.0 Å². The zero-order valence-electron chi connectivity index (χ0n) is 13.6. The van der Waals surface area contributed by atoms with Gasteiger partial charge in [0.2, 0.25) is 0 Å². The molecule has 2 heterocycles. The maximum absolute atomic E-state index is 5.79. The molecule has 6 nitrogen and oxygen atoms in total. The number of aryl methyl sites for hydroxylation is 1. The van der Waals surface area contributed by atoms with E-state index in [4.69, 9.17) is 5.84 Å². The average Bonchev–Trinajstić information content (AvgIpc) is 2.89. The number of hydrogen-bond acceptors (Lipinski definition) is 5. The number of nitrogens with one attached hydrogen (secondary N) is 1. The third kappa shape index (κ3) is 4.51. The van der Waals surface area contributed by atoms with Crippen molar-refractivity contribution in [2.75, 3.05) is 33.7 Å². The Morgan fingerprint density at radius 2 is 2.24 bits per heavy atom. The molecule has 2 unspecified atom stereocenters. The van der Waals surface area contributed by atoms with Gasteiger partial charge in [-0.05, 0) is 26.9 Å². The molecular formula is C15H30N6. The lowest BCUT2D eigenvalue weighted by molar-refractivity contribution is 0.101. The molecule has 1 aromatic rings. The van der Waals surface area contributed by atoms with Crippen LogP contribution in [0.2, 0.25) is 0 Å². The molecule has 1 saturated heterocycles. The molecule has 0 aromatic carbocycles. The predicted molar refractivity (Wildman–Crippen MR) is 85.9 cm³/mol. The lowest BCUT2D eigenvalue weighted by Gasteiger charge is -2.39. The smallest absolute Gasteiger partial charge is 0.110 e. The van der Waals surface area contributed by atoms with Crippen LogP contribution in [0.4, 0.5) is 0 Å². The van der Waals surface area contributed by atoms with Crippen LogP contribution in [-0.4, -0.2) is 65.2 Å². The number of nitrogens with zero attached hydrogens (tertiary/aromatic N) is 4. The molecule has 21 heavy (non-hydrogen) atoms. The van der Waals surface area contributed by atoms with E-state index < -0.39 is 0 Å². The van der Waals surface area contributed by atoms with E-state index >= 15 is 0 Å². The monoisotopic (exact) mass is 294 g/mol. The highest BCUT2D eigenvalue weighted by atomic mass is 15.3. The standard InChI is InChI=1S/C15H30N6/c1-4-6-21-7-5-17-15(21)11-13(18-16)10-14-12-19(2)8-9-20(14)3/h5,7,13-14,18H,4,6,8-12,16H2,1-3H3. The van der Waals surface area contributed by atoms with Gasteiger partial charge in [0.25, 0.3) is 0 Å². The third-order valence-electron chi connectivity index (χ3n) is 4.47. The third-order valence-corrected chi connectivity index (χ3v) is 4.47. The van der Waals surface area contributed by atoms with Gasteiger partial charge < -0.3 is 14.4 Å². The number of hydrazine groups is 1. The van der Waals surface area contributed by atoms with Crippen LogP contribution in [0.3, 0.4) is 0 Å². The van der Waals surface area contributed by atoms with Gasteiger partial charge in [-0.15, -0.1) is 0 Å². The Labute approximate surface area is 128 Å². The lowest BCUT2D eigenvalue weighted by Crippen LogP contribution is -2.53. The lowest BCUT2D eigenvalue weighted by atomic mass is 10.0. The summed E-state index contributed by atoms with van der Waals surface area (Å²) in [6, 6.07) is 0.821. The number of piperazine rings is 1. The van der Waals surface area contributed by atoms with E-state index in [1.165, 1.54) is 0 Å². The molecule has 2 atom stereocenters. The van der Waals surface area contributed by atoms with Crippen molar-refractivity contribution in [3.05, 3.63) is 18.2 Å². The summed E-state index contributed by atoms with van der Waals surface area (Å²) in [5.74, 6) is 6.92. The molecule has 1 fully saturated rings. The van der Waals surface area contributed by atoms with Gasteiger partial charge in [-0.2, -0.15) is 0 Å². The normalized spacial score (nSPS) is 22.6. The second-order valence-electron chi connectivity index (χ2n) is 6.24. The first kappa shape index (κ1) is 16.4. The van der Waals surface area contributed by atoms with Gasteiger partial charge in [-0.1, -0.05) is 6.92 Å². The molecule has 1 aliphatic heterocycles. The molecule has 0 spiro atoms. The van der Waals surface area contributed by atoms with Crippen LogP contribution in [0, 0.1) is 0 Å². The first-order valence-corrected chi connectivity index (χ1v) is 7.99. The van der Waals surface area contributed by atoms with E-state index in [-0.39, 0.29) is 6.04 Å². The summed E-state index contributed by atoms with van der Waals surface area (Å²) in [4.78, 5) is 9.34. The van der Waals surface area contributed by atoms with Crippen molar-refractivity contribution in [3.63, 3.8) is 0 Å². The molecule has 120 valence electrons. The maximum atomic E-state index is 5.79. The van der Waals surface area contributed by atoms with Crippen LogP contribution < -0.4 is 11.3 Å². The Morgan fingerprint density at radius 1 is 1.43 bits per heavy atom. The van der Waals surface area contributed by atoms with E-state index in [9.17, 15) is 0 Å². The van der Waals surface area contributed by atoms with Gasteiger partial charge in [0.1, 0.15) is 5.82 Å². The molecule has 0 radical (unpaired) electrons. The molecule has 0 bridgehead atoms. The van der Waals surface area contributed by atoms with E-state index in [0.29, 0.717) is 6.04 Å². The van der Waals surface area contributed by atoms with Crippen molar-refractivity contribution in [3.8, 4) is 0 Å². The minimum atomic E-state index is 0.266. The van der Waals surface area contributed by atoms with Crippen LogP contribution in [0.15, 0.2) is 12.4 Å². The minimum Gasteiger partial charge on any atom is -0.335 e. The van der Waals surface area contributed by atoms with Gasteiger partial charge in [0.15, 0.2) is 0 Å². The number of imidazole rings is 1. The Kier molecular flexibility index (Phi) is 6.17. The van der Waals surface area contributed by atoms with Crippen molar-refractivity contribution >= 4 is 0 Å². The summed E-state index contributed by atoms with van der Waals surface area (Å²) >= 11 is 0. The largest absolute Gasteiger partial charge is 0.335 e. The fourth-order valence-electron chi connectivity index (χ4n) is 3.09. The van der Waals surface area contributed by atoms with Crippen LogP contribution in [-0.2, 0) is 13.0 Å². The highest BCUT2D eigenvalue weighted by Gasteiger charge is 2.25. The van der Waals surface area contributed by atoms with Gasteiger partial charge in [0.05, 0.1) is 0 Å². The number of likely N-dealkylation sites (N-methyl/N-ethyl adjacent to an activating group) is 2. The molecule has 1 aromatic heterocycles. The van der Waals surface area contributed by atoms with Crippen molar-refractivity contribution in [1.82, 2.24) is 24.8 Å². The average molecular weight is 294 g/mol. The van der Waals surface area contributed by atoms with Gasteiger partial charge in [-0.25, -0.2) is 4.98 Å². The molecule has 1 aliphatic rings. The SMILES string of the molecule is CCCn1ccnc1CC(CC1CN(C)CCN1C)NN. The molecule has 3 N–H and O–H groups in total. The maximum Gasteiger partial charge on any atom is 0.110 e. The van der Waals surface area contributed by atoms with E-state index in [1.807, 2.05) is 6.20 Å². The molecule has 0 saturated carbocycles. The van der Waals surface area contributed by atoms with Gasteiger partial charge in [-0.3, -0.25) is 11.3 Å². The molecule has 2 rings (SSSR count). The molecule has 0 aliphatic carbocycles. The second kappa shape index (κ2) is 7.89.